The van der Waals surface area contributed by atoms with Crippen LogP contribution in [0.25, 0.3) is 38.6 Å². The van der Waals surface area contributed by atoms with E-state index in [1.807, 2.05) is 42.5 Å². The second kappa shape index (κ2) is 6.71. The smallest absolute Gasteiger partial charge is 0.321 e. The summed E-state index contributed by atoms with van der Waals surface area (Å²) in [6.07, 6.45) is 0. The molecule has 4 nitrogen and oxygen atoms in total. The molecule has 142 valence electrons. The zero-order valence-corrected chi connectivity index (χ0v) is 16.3. The largest absolute Gasteiger partial charge is 0.356 e. The Kier molecular flexibility index (Phi) is 4.14. The van der Waals surface area contributed by atoms with Crippen molar-refractivity contribution in [3.8, 4) is 16.8 Å². The number of benzene rings is 4. The first-order valence-electron chi connectivity index (χ1n) is 9.27. The van der Waals surface area contributed by atoms with Crippen LogP contribution in [-0.2, 0) is 4.57 Å². The number of para-hydroxylation sites is 2. The molecule has 0 atom stereocenters. The third kappa shape index (κ3) is 3.08. The van der Waals surface area contributed by atoms with Gasteiger partial charge in [0, 0.05) is 16.5 Å². The Morgan fingerprint density at radius 1 is 0.621 bits per heavy atom. The van der Waals surface area contributed by atoms with E-state index in [-0.39, 0.29) is 5.30 Å². The highest BCUT2D eigenvalue weighted by Crippen LogP contribution is 2.36. The van der Waals surface area contributed by atoms with Gasteiger partial charge in [-0.3, -0.25) is 4.57 Å². The van der Waals surface area contributed by atoms with Gasteiger partial charge in [-0.05, 0) is 47.5 Å². The summed E-state index contributed by atoms with van der Waals surface area (Å²) in [6.45, 7) is 0. The van der Waals surface area contributed by atoms with E-state index in [0.29, 0.717) is 0 Å². The molecule has 2 N–H and O–H groups in total. The van der Waals surface area contributed by atoms with Crippen molar-refractivity contribution in [3.63, 3.8) is 0 Å². The number of hydrogen-bond acceptors (Lipinski definition) is 1. The number of hydrogen-bond donors (Lipinski definition) is 2. The molecule has 0 aliphatic carbocycles. The SMILES string of the molecule is O=P(O)(O)c1cccc(-c2cccc(-n3c4ccccc4c4ccccc43)c2)c1. The average Bonchev–Trinajstić information content (AvgIpc) is 3.08. The number of nitrogens with zero attached hydrogens (tertiary/aromatic N) is 1. The van der Waals surface area contributed by atoms with Gasteiger partial charge in [-0.1, -0.05) is 60.7 Å². The molecular formula is C24H18NO3P. The molecule has 4 aromatic carbocycles. The standard InChI is InChI=1S/C24H18NO3P/c26-29(27,28)20-10-6-8-18(16-20)17-7-5-9-19(15-17)25-23-13-3-1-11-21(23)22-12-2-4-14-24(22)25/h1-16H,(H2,26,27,28). The minimum absolute atomic E-state index is 0.0252. The van der Waals surface area contributed by atoms with E-state index in [1.165, 1.54) is 16.8 Å². The molecule has 0 saturated carbocycles. The molecule has 5 rings (SSSR count). The summed E-state index contributed by atoms with van der Waals surface area (Å²) in [5, 5.41) is 2.41. The van der Waals surface area contributed by atoms with Gasteiger partial charge in [0.15, 0.2) is 0 Å². The van der Waals surface area contributed by atoms with Gasteiger partial charge in [-0.25, -0.2) is 0 Å². The van der Waals surface area contributed by atoms with Gasteiger partial charge in [-0.15, -0.1) is 0 Å². The van der Waals surface area contributed by atoms with Gasteiger partial charge >= 0.3 is 7.60 Å². The molecule has 0 saturated heterocycles. The maximum atomic E-state index is 11.7. The molecule has 1 aromatic heterocycles. The molecule has 0 amide bonds. The van der Waals surface area contributed by atoms with Crippen molar-refractivity contribution in [2.45, 2.75) is 0 Å². The molecule has 0 unspecified atom stereocenters. The topological polar surface area (TPSA) is 62.5 Å². The van der Waals surface area contributed by atoms with Crippen LogP contribution in [0.5, 0.6) is 0 Å². The van der Waals surface area contributed by atoms with Crippen LogP contribution in [0.1, 0.15) is 0 Å². The summed E-state index contributed by atoms with van der Waals surface area (Å²) in [5.41, 5.74) is 4.92. The average molecular weight is 399 g/mol. The van der Waals surface area contributed by atoms with Crippen molar-refractivity contribution >= 4 is 34.7 Å². The molecule has 29 heavy (non-hydrogen) atoms. The molecule has 0 aliphatic rings. The quantitative estimate of drug-likeness (QED) is 0.407. The Morgan fingerprint density at radius 3 is 1.79 bits per heavy atom. The van der Waals surface area contributed by atoms with Crippen molar-refractivity contribution in [2.24, 2.45) is 0 Å². The van der Waals surface area contributed by atoms with E-state index in [2.05, 4.69) is 41.0 Å². The Labute approximate surface area is 167 Å². The number of fused-ring (bicyclic) bond motifs is 3. The summed E-state index contributed by atoms with van der Waals surface area (Å²) in [5.74, 6) is 0. The third-order valence-electron chi connectivity index (χ3n) is 5.20. The minimum Gasteiger partial charge on any atom is -0.321 e. The third-order valence-corrected chi connectivity index (χ3v) is 6.15. The van der Waals surface area contributed by atoms with Crippen molar-refractivity contribution in [3.05, 3.63) is 97.1 Å². The summed E-state index contributed by atoms with van der Waals surface area (Å²) < 4.78 is 13.9. The van der Waals surface area contributed by atoms with Crippen LogP contribution in [0, 0.1) is 0 Å². The van der Waals surface area contributed by atoms with Crippen LogP contribution < -0.4 is 5.30 Å². The van der Waals surface area contributed by atoms with E-state index in [1.54, 1.807) is 12.1 Å². The van der Waals surface area contributed by atoms with E-state index < -0.39 is 7.60 Å². The number of rotatable bonds is 3. The van der Waals surface area contributed by atoms with Crippen LogP contribution in [-0.4, -0.2) is 14.4 Å². The highest BCUT2D eigenvalue weighted by Gasteiger charge is 2.17. The molecule has 0 spiro atoms. The van der Waals surface area contributed by atoms with E-state index in [9.17, 15) is 14.4 Å². The van der Waals surface area contributed by atoms with Gasteiger partial charge in [0.2, 0.25) is 0 Å². The fourth-order valence-corrected chi connectivity index (χ4v) is 4.48. The number of aromatic nitrogens is 1. The van der Waals surface area contributed by atoms with Crippen molar-refractivity contribution in [1.82, 2.24) is 4.57 Å². The minimum atomic E-state index is -4.30. The maximum absolute atomic E-state index is 11.7. The van der Waals surface area contributed by atoms with Crippen molar-refractivity contribution in [2.75, 3.05) is 0 Å². The van der Waals surface area contributed by atoms with Gasteiger partial charge in [0.25, 0.3) is 0 Å². The van der Waals surface area contributed by atoms with Crippen LogP contribution >= 0.6 is 7.60 Å². The Morgan fingerprint density at radius 2 is 1.17 bits per heavy atom. The Bertz CT molecular complexity index is 1360. The second-order valence-corrected chi connectivity index (χ2v) is 8.62. The van der Waals surface area contributed by atoms with E-state index in [0.717, 1.165) is 27.8 Å². The van der Waals surface area contributed by atoms with Gasteiger partial charge in [-0.2, -0.15) is 0 Å². The normalized spacial score (nSPS) is 11.9. The van der Waals surface area contributed by atoms with Crippen molar-refractivity contribution < 1.29 is 14.4 Å². The monoisotopic (exact) mass is 399 g/mol. The molecule has 0 bridgehead atoms. The van der Waals surface area contributed by atoms with Crippen LogP contribution in [0.15, 0.2) is 97.1 Å². The summed E-state index contributed by atoms with van der Waals surface area (Å²) in [7, 11) is -4.30. The molecule has 0 aliphatic heterocycles. The fraction of sp³-hybridized carbons (Fsp3) is 0. The fourth-order valence-electron chi connectivity index (χ4n) is 3.89. The lowest BCUT2D eigenvalue weighted by Crippen LogP contribution is -2.03. The van der Waals surface area contributed by atoms with Crippen LogP contribution in [0.3, 0.4) is 0 Å². The molecule has 5 aromatic rings. The van der Waals surface area contributed by atoms with Crippen LogP contribution in [0.4, 0.5) is 0 Å². The maximum Gasteiger partial charge on any atom is 0.356 e. The Hall–Kier alpha value is -3.17. The first kappa shape index (κ1) is 17.9. The first-order chi connectivity index (χ1) is 14.0. The molecule has 5 heteroatoms. The zero-order chi connectivity index (χ0) is 20.0. The molecular weight excluding hydrogens is 381 g/mol. The lowest BCUT2D eigenvalue weighted by molar-refractivity contribution is 0.387. The van der Waals surface area contributed by atoms with Gasteiger partial charge < -0.3 is 14.4 Å². The highest BCUT2D eigenvalue weighted by molar-refractivity contribution is 7.60. The van der Waals surface area contributed by atoms with Crippen LogP contribution in [0.2, 0.25) is 0 Å². The predicted octanol–water partition coefficient (Wildman–Crippen LogP) is 5.25. The van der Waals surface area contributed by atoms with Gasteiger partial charge in [0.1, 0.15) is 0 Å². The summed E-state index contributed by atoms with van der Waals surface area (Å²) >= 11 is 0. The van der Waals surface area contributed by atoms with Gasteiger partial charge in [0.05, 0.1) is 16.3 Å². The van der Waals surface area contributed by atoms with Crippen molar-refractivity contribution in [1.29, 1.82) is 0 Å². The second-order valence-electron chi connectivity index (χ2n) is 7.01. The molecule has 0 fully saturated rings. The zero-order valence-electron chi connectivity index (χ0n) is 15.4. The van der Waals surface area contributed by atoms with E-state index in [4.69, 9.17) is 0 Å². The molecule has 0 radical (unpaired) electrons. The summed E-state index contributed by atoms with van der Waals surface area (Å²) in [6, 6.07) is 31.2. The lowest BCUT2D eigenvalue weighted by atomic mass is 10.1. The lowest BCUT2D eigenvalue weighted by Gasteiger charge is -2.11. The predicted molar refractivity (Wildman–Crippen MR) is 118 cm³/mol. The highest BCUT2D eigenvalue weighted by atomic mass is 31.2. The Balaban J connectivity index is 1.73. The summed E-state index contributed by atoms with van der Waals surface area (Å²) in [4.78, 5) is 19.0. The molecule has 1 heterocycles. The first-order valence-corrected chi connectivity index (χ1v) is 10.9. The van der Waals surface area contributed by atoms with E-state index >= 15 is 0 Å².